The number of carbonyl (C=O) groups is 2. The molecule has 0 N–H and O–H groups in total. The molecule has 1 aliphatic heterocycles. The molecular weight excluding hydrogens is 302 g/mol. The summed E-state index contributed by atoms with van der Waals surface area (Å²) in [5.41, 5.74) is -0.357. The number of hydrogen-bond donors (Lipinski definition) is 0. The van der Waals surface area contributed by atoms with Gasteiger partial charge in [-0.1, -0.05) is 0 Å². The zero-order valence-corrected chi connectivity index (χ0v) is 13.2. The number of benzene rings is 1. The molecule has 124 valence electrons. The Bertz CT molecular complexity index is 624. The number of likely N-dealkylation sites (N-methyl/N-ethyl adjacent to an activating group) is 1. The maximum absolute atomic E-state index is 12.5. The second-order valence-corrected chi connectivity index (χ2v) is 5.30. The Hall–Kier alpha value is -2.48. The van der Waals surface area contributed by atoms with Crippen LogP contribution in [0.5, 0.6) is 0 Å². The van der Waals surface area contributed by atoms with Crippen molar-refractivity contribution in [3.63, 3.8) is 0 Å². The fourth-order valence-electron chi connectivity index (χ4n) is 2.39. The van der Waals surface area contributed by atoms with Crippen LogP contribution in [0.15, 0.2) is 18.2 Å². The zero-order chi connectivity index (χ0) is 17.0. The monoisotopic (exact) mass is 321 g/mol. The average molecular weight is 321 g/mol. The van der Waals surface area contributed by atoms with Gasteiger partial charge in [0, 0.05) is 37.8 Å². The smallest absolute Gasteiger partial charge is 0.345 e. The summed E-state index contributed by atoms with van der Waals surface area (Å²) in [5, 5.41) is 11.2. The minimum Gasteiger partial charge on any atom is -0.462 e. The van der Waals surface area contributed by atoms with Crippen LogP contribution in [-0.4, -0.2) is 66.4 Å². The standard InChI is InChI=1S/C15H19N3O5/c1-3-23-15(20)12-5-4-11(10-13(12)18(21)22)14(19)17-8-6-16(2)7-9-17/h4-5,10H,3,6-9H2,1-2H3. The van der Waals surface area contributed by atoms with Gasteiger partial charge >= 0.3 is 5.97 Å². The molecule has 0 aromatic heterocycles. The Morgan fingerprint density at radius 3 is 2.48 bits per heavy atom. The molecule has 0 saturated carbocycles. The molecule has 8 heteroatoms. The number of esters is 1. The van der Waals surface area contributed by atoms with Crippen molar-refractivity contribution < 1.29 is 19.2 Å². The maximum Gasteiger partial charge on any atom is 0.345 e. The topological polar surface area (TPSA) is 93.0 Å². The summed E-state index contributed by atoms with van der Waals surface area (Å²) in [6.07, 6.45) is 0. The minimum absolute atomic E-state index is 0.123. The number of hydrogen-bond acceptors (Lipinski definition) is 6. The maximum atomic E-state index is 12.5. The number of carbonyl (C=O) groups excluding carboxylic acids is 2. The number of nitro benzene ring substituents is 1. The van der Waals surface area contributed by atoms with Crippen molar-refractivity contribution in [1.82, 2.24) is 9.80 Å². The Morgan fingerprint density at radius 2 is 1.91 bits per heavy atom. The molecule has 0 bridgehead atoms. The highest BCUT2D eigenvalue weighted by molar-refractivity contribution is 5.99. The average Bonchev–Trinajstić information content (AvgIpc) is 2.54. The van der Waals surface area contributed by atoms with Gasteiger partial charge in [0.1, 0.15) is 5.56 Å². The number of nitrogens with zero attached hydrogens (tertiary/aromatic N) is 3. The van der Waals surface area contributed by atoms with Gasteiger partial charge in [0.05, 0.1) is 11.5 Å². The van der Waals surface area contributed by atoms with Gasteiger partial charge < -0.3 is 14.5 Å². The first-order valence-corrected chi connectivity index (χ1v) is 7.37. The van der Waals surface area contributed by atoms with Gasteiger partial charge in [-0.25, -0.2) is 4.79 Å². The molecule has 0 atom stereocenters. The molecule has 0 spiro atoms. The fraction of sp³-hybridized carbons (Fsp3) is 0.467. The van der Waals surface area contributed by atoms with E-state index in [0.717, 1.165) is 19.2 Å². The van der Waals surface area contributed by atoms with E-state index in [2.05, 4.69) is 4.90 Å². The van der Waals surface area contributed by atoms with E-state index in [-0.39, 0.29) is 23.6 Å². The van der Waals surface area contributed by atoms with Crippen LogP contribution in [0.2, 0.25) is 0 Å². The van der Waals surface area contributed by atoms with Crippen molar-refractivity contribution in [2.45, 2.75) is 6.92 Å². The fourth-order valence-corrected chi connectivity index (χ4v) is 2.39. The van der Waals surface area contributed by atoms with E-state index in [1.807, 2.05) is 7.05 Å². The molecule has 1 fully saturated rings. The Kier molecular flexibility index (Phi) is 5.28. The van der Waals surface area contributed by atoms with Crippen LogP contribution in [0.4, 0.5) is 5.69 Å². The molecule has 1 saturated heterocycles. The Labute approximate surface area is 133 Å². The van der Waals surface area contributed by atoms with Crippen LogP contribution in [-0.2, 0) is 4.74 Å². The number of ether oxygens (including phenoxy) is 1. The van der Waals surface area contributed by atoms with Crippen LogP contribution < -0.4 is 0 Å². The van der Waals surface area contributed by atoms with E-state index >= 15 is 0 Å². The zero-order valence-electron chi connectivity index (χ0n) is 13.2. The highest BCUT2D eigenvalue weighted by atomic mass is 16.6. The summed E-state index contributed by atoms with van der Waals surface area (Å²) in [6.45, 7) is 4.40. The molecule has 2 rings (SSSR count). The predicted molar refractivity (Wildman–Crippen MR) is 82.5 cm³/mol. The molecule has 1 aromatic carbocycles. The van der Waals surface area contributed by atoms with Crippen molar-refractivity contribution in [3.05, 3.63) is 39.4 Å². The summed E-state index contributed by atoms with van der Waals surface area (Å²) in [5.74, 6) is -1.03. The summed E-state index contributed by atoms with van der Waals surface area (Å²) in [4.78, 5) is 38.5. The molecule has 1 amide bonds. The SMILES string of the molecule is CCOC(=O)c1ccc(C(=O)N2CCN(C)CC2)cc1[N+](=O)[O-]. The third kappa shape index (κ3) is 3.84. The molecule has 0 aliphatic carbocycles. The van der Waals surface area contributed by atoms with Crippen molar-refractivity contribution in [1.29, 1.82) is 0 Å². The minimum atomic E-state index is -0.766. The van der Waals surface area contributed by atoms with Crippen LogP contribution >= 0.6 is 0 Å². The summed E-state index contributed by atoms with van der Waals surface area (Å²) >= 11 is 0. The Morgan fingerprint density at radius 1 is 1.26 bits per heavy atom. The number of amides is 1. The molecule has 1 heterocycles. The van der Waals surface area contributed by atoms with E-state index < -0.39 is 16.6 Å². The van der Waals surface area contributed by atoms with Crippen LogP contribution in [0.1, 0.15) is 27.6 Å². The first-order chi connectivity index (χ1) is 10.9. The Balaban J connectivity index is 2.26. The highest BCUT2D eigenvalue weighted by Crippen LogP contribution is 2.22. The van der Waals surface area contributed by atoms with Gasteiger partial charge in [-0.3, -0.25) is 14.9 Å². The van der Waals surface area contributed by atoms with E-state index in [4.69, 9.17) is 4.74 Å². The lowest BCUT2D eigenvalue weighted by Gasteiger charge is -2.32. The quantitative estimate of drug-likeness (QED) is 0.469. The molecule has 1 aliphatic rings. The second kappa shape index (κ2) is 7.19. The lowest BCUT2D eigenvalue weighted by Crippen LogP contribution is -2.47. The third-order valence-corrected chi connectivity index (χ3v) is 3.73. The van der Waals surface area contributed by atoms with Gasteiger partial charge in [0.2, 0.25) is 0 Å². The number of rotatable bonds is 4. The molecule has 1 aromatic rings. The van der Waals surface area contributed by atoms with E-state index in [0.29, 0.717) is 13.1 Å². The second-order valence-electron chi connectivity index (χ2n) is 5.30. The van der Waals surface area contributed by atoms with Crippen molar-refractivity contribution >= 4 is 17.6 Å². The molecule has 23 heavy (non-hydrogen) atoms. The first kappa shape index (κ1) is 16.9. The van der Waals surface area contributed by atoms with Gasteiger partial charge in [0.15, 0.2) is 0 Å². The van der Waals surface area contributed by atoms with Crippen molar-refractivity contribution in [2.75, 3.05) is 39.8 Å². The van der Waals surface area contributed by atoms with E-state index in [1.54, 1.807) is 11.8 Å². The largest absolute Gasteiger partial charge is 0.462 e. The third-order valence-electron chi connectivity index (χ3n) is 3.73. The summed E-state index contributed by atoms with van der Waals surface area (Å²) in [7, 11) is 1.97. The van der Waals surface area contributed by atoms with Crippen LogP contribution in [0.25, 0.3) is 0 Å². The molecule has 0 unspecified atom stereocenters. The predicted octanol–water partition coefficient (Wildman–Crippen LogP) is 1.16. The summed E-state index contributed by atoms with van der Waals surface area (Å²) < 4.78 is 4.80. The lowest BCUT2D eigenvalue weighted by molar-refractivity contribution is -0.385. The molecule has 0 radical (unpaired) electrons. The van der Waals surface area contributed by atoms with Crippen molar-refractivity contribution in [3.8, 4) is 0 Å². The van der Waals surface area contributed by atoms with E-state index in [1.165, 1.54) is 12.1 Å². The molecule has 8 nitrogen and oxygen atoms in total. The van der Waals surface area contributed by atoms with Crippen molar-refractivity contribution in [2.24, 2.45) is 0 Å². The summed E-state index contributed by atoms with van der Waals surface area (Å²) in [6, 6.07) is 3.85. The first-order valence-electron chi connectivity index (χ1n) is 7.37. The highest BCUT2D eigenvalue weighted by Gasteiger charge is 2.26. The molecular formula is C15H19N3O5. The normalized spacial score (nSPS) is 15.3. The lowest BCUT2D eigenvalue weighted by atomic mass is 10.1. The van der Waals surface area contributed by atoms with E-state index in [9.17, 15) is 19.7 Å². The van der Waals surface area contributed by atoms with Gasteiger partial charge in [-0.15, -0.1) is 0 Å². The van der Waals surface area contributed by atoms with Gasteiger partial charge in [-0.2, -0.15) is 0 Å². The van der Waals surface area contributed by atoms with Crippen LogP contribution in [0.3, 0.4) is 0 Å². The number of nitro groups is 1. The van der Waals surface area contributed by atoms with Crippen LogP contribution in [0, 0.1) is 10.1 Å². The number of piperazine rings is 1. The van der Waals surface area contributed by atoms with Gasteiger partial charge in [-0.05, 0) is 26.1 Å². The van der Waals surface area contributed by atoms with Gasteiger partial charge in [0.25, 0.3) is 11.6 Å².